The van der Waals surface area contributed by atoms with Crippen molar-refractivity contribution in [3.8, 4) is 0 Å². The van der Waals surface area contributed by atoms with E-state index in [2.05, 4.69) is 72.1 Å². The Kier molecular flexibility index (Phi) is 5.47. The smallest absolute Gasteiger partial charge is 0.101 e. The van der Waals surface area contributed by atoms with Crippen LogP contribution in [0.2, 0.25) is 0 Å². The fourth-order valence-corrected chi connectivity index (χ4v) is 2.92. The summed E-state index contributed by atoms with van der Waals surface area (Å²) in [6.45, 7) is 9.62. The van der Waals surface area contributed by atoms with Crippen molar-refractivity contribution < 1.29 is 0 Å². The monoisotopic (exact) mass is 364 g/mol. The Hall–Kier alpha value is -0.840. The molecule has 1 aromatic carbocycles. The summed E-state index contributed by atoms with van der Waals surface area (Å²) in [6, 6.07) is 10.6. The number of aryl methyl sites for hydroxylation is 1. The number of benzene rings is 1. The van der Waals surface area contributed by atoms with E-state index in [9.17, 15) is 0 Å². The van der Waals surface area contributed by atoms with Gasteiger partial charge in [0.2, 0.25) is 0 Å². The first-order valence-electron chi connectivity index (χ1n) is 6.97. The summed E-state index contributed by atoms with van der Waals surface area (Å²) in [5.41, 5.74) is 2.80. The normalized spacial score (nSPS) is 11.7. The number of nitrogens with zero attached hydrogens (tertiary/aromatic N) is 1. The Bertz CT molecular complexity index is 603. The minimum absolute atomic E-state index is 0.140. The van der Waals surface area contributed by atoms with E-state index in [1.165, 1.54) is 16.0 Å². The maximum atomic E-state index is 4.40. The van der Waals surface area contributed by atoms with Crippen molar-refractivity contribution in [2.75, 3.05) is 0 Å². The minimum Gasteiger partial charge on any atom is -0.308 e. The second-order valence-electron chi connectivity index (χ2n) is 6.11. The van der Waals surface area contributed by atoms with Crippen LogP contribution < -0.4 is 5.32 Å². The molecule has 0 saturated carbocycles. The average Bonchev–Trinajstić information content (AvgIpc) is 2.39. The first kappa shape index (κ1) is 16.5. The molecule has 0 radical (unpaired) electrons. The summed E-state index contributed by atoms with van der Waals surface area (Å²) in [5, 5.41) is 4.54. The Balaban J connectivity index is 2.06. The summed E-state index contributed by atoms with van der Waals surface area (Å²) in [5.74, 6) is 0. The van der Waals surface area contributed by atoms with Gasteiger partial charge in [0.1, 0.15) is 5.03 Å². The highest BCUT2D eigenvalue weighted by atomic mass is 79.9. The number of aromatic nitrogens is 1. The van der Waals surface area contributed by atoms with Gasteiger partial charge < -0.3 is 5.32 Å². The van der Waals surface area contributed by atoms with Crippen LogP contribution in [0.25, 0.3) is 0 Å². The van der Waals surface area contributed by atoms with Crippen LogP contribution >= 0.6 is 27.7 Å². The van der Waals surface area contributed by atoms with Crippen LogP contribution in [0, 0.1) is 6.92 Å². The van der Waals surface area contributed by atoms with Crippen LogP contribution in [0.1, 0.15) is 31.9 Å². The summed E-state index contributed by atoms with van der Waals surface area (Å²) in [7, 11) is 0. The quantitative estimate of drug-likeness (QED) is 0.807. The van der Waals surface area contributed by atoms with E-state index in [0.29, 0.717) is 0 Å². The zero-order valence-corrected chi connectivity index (χ0v) is 15.3. The predicted octanol–water partition coefficient (Wildman–Crippen LogP) is 5.19. The zero-order valence-electron chi connectivity index (χ0n) is 12.9. The molecule has 4 heteroatoms. The molecule has 0 atom stereocenters. The minimum atomic E-state index is 0.140. The molecule has 2 nitrogen and oxygen atoms in total. The first-order valence-corrected chi connectivity index (χ1v) is 8.58. The molecule has 2 rings (SSSR count). The predicted molar refractivity (Wildman–Crippen MR) is 93.8 cm³/mol. The second-order valence-corrected chi connectivity index (χ2v) is 8.12. The molecule has 0 saturated heterocycles. The molecule has 0 fully saturated rings. The van der Waals surface area contributed by atoms with Crippen LogP contribution in [0.15, 0.2) is 50.9 Å². The van der Waals surface area contributed by atoms with Gasteiger partial charge in [-0.3, -0.25) is 0 Å². The molecule has 0 spiro atoms. The van der Waals surface area contributed by atoms with Gasteiger partial charge in [0, 0.05) is 27.6 Å². The Labute approximate surface area is 139 Å². The van der Waals surface area contributed by atoms with E-state index in [-0.39, 0.29) is 5.54 Å². The molecule has 0 aliphatic rings. The Morgan fingerprint density at radius 3 is 2.52 bits per heavy atom. The van der Waals surface area contributed by atoms with E-state index in [0.717, 1.165) is 16.0 Å². The topological polar surface area (TPSA) is 24.9 Å². The molecule has 0 aliphatic carbocycles. The van der Waals surface area contributed by atoms with Gasteiger partial charge in [-0.2, -0.15) is 0 Å². The zero-order chi connectivity index (χ0) is 15.5. The van der Waals surface area contributed by atoms with Gasteiger partial charge in [-0.25, -0.2) is 4.98 Å². The third-order valence-corrected chi connectivity index (χ3v) is 4.46. The molecule has 0 bridgehead atoms. The van der Waals surface area contributed by atoms with Crippen molar-refractivity contribution in [1.29, 1.82) is 0 Å². The molecule has 0 unspecified atom stereocenters. The average molecular weight is 365 g/mol. The highest BCUT2D eigenvalue weighted by molar-refractivity contribution is 9.10. The van der Waals surface area contributed by atoms with Crippen LogP contribution in [0.5, 0.6) is 0 Å². The van der Waals surface area contributed by atoms with Gasteiger partial charge in [-0.15, -0.1) is 0 Å². The highest BCUT2D eigenvalue weighted by Crippen LogP contribution is 2.28. The Morgan fingerprint density at radius 1 is 1.19 bits per heavy atom. The summed E-state index contributed by atoms with van der Waals surface area (Å²) in [4.78, 5) is 5.62. The lowest BCUT2D eigenvalue weighted by Crippen LogP contribution is -2.35. The third kappa shape index (κ3) is 5.46. The summed E-state index contributed by atoms with van der Waals surface area (Å²) >= 11 is 5.10. The van der Waals surface area contributed by atoms with Crippen LogP contribution in [0.4, 0.5) is 0 Å². The van der Waals surface area contributed by atoms with Gasteiger partial charge in [0.05, 0.1) is 0 Å². The van der Waals surface area contributed by atoms with Crippen molar-refractivity contribution in [2.45, 2.75) is 49.7 Å². The molecule has 1 N–H and O–H groups in total. The van der Waals surface area contributed by atoms with Crippen LogP contribution in [0.3, 0.4) is 0 Å². The molecule has 0 amide bonds. The van der Waals surface area contributed by atoms with Gasteiger partial charge in [0.15, 0.2) is 0 Å². The highest BCUT2D eigenvalue weighted by Gasteiger charge is 2.10. The molecular weight excluding hydrogens is 344 g/mol. The Morgan fingerprint density at radius 2 is 1.95 bits per heavy atom. The third-order valence-electron chi connectivity index (χ3n) is 3.05. The van der Waals surface area contributed by atoms with E-state index in [1.54, 1.807) is 11.8 Å². The largest absolute Gasteiger partial charge is 0.308 e. The van der Waals surface area contributed by atoms with Crippen LogP contribution in [-0.4, -0.2) is 10.5 Å². The summed E-state index contributed by atoms with van der Waals surface area (Å²) in [6.07, 6.45) is 1.83. The lowest BCUT2D eigenvalue weighted by molar-refractivity contribution is 0.424. The van der Waals surface area contributed by atoms with Crippen LogP contribution in [-0.2, 0) is 6.54 Å². The number of hydrogen-bond donors (Lipinski definition) is 1. The van der Waals surface area contributed by atoms with E-state index in [1.807, 2.05) is 18.3 Å². The maximum Gasteiger partial charge on any atom is 0.101 e. The van der Waals surface area contributed by atoms with Crippen molar-refractivity contribution in [3.63, 3.8) is 0 Å². The molecule has 112 valence electrons. The van der Waals surface area contributed by atoms with Gasteiger partial charge in [-0.1, -0.05) is 17.8 Å². The number of hydrogen-bond acceptors (Lipinski definition) is 3. The standard InChI is InChI=1S/C17H21BrN2S/c1-12-9-15(21-16-8-6-14(18)11-19-16)7-5-13(12)10-20-17(2,3)4/h5-9,11,20H,10H2,1-4H3. The SMILES string of the molecule is Cc1cc(Sc2ccc(Br)cn2)ccc1CNC(C)(C)C. The van der Waals surface area contributed by atoms with E-state index in [4.69, 9.17) is 0 Å². The fourth-order valence-electron chi connectivity index (χ4n) is 1.83. The van der Waals surface area contributed by atoms with Gasteiger partial charge >= 0.3 is 0 Å². The van der Waals surface area contributed by atoms with Crippen molar-refractivity contribution in [1.82, 2.24) is 10.3 Å². The second kappa shape index (κ2) is 6.95. The molecule has 2 aromatic rings. The molecule has 1 heterocycles. The van der Waals surface area contributed by atoms with E-state index >= 15 is 0 Å². The number of halogens is 1. The fraction of sp³-hybridized carbons (Fsp3) is 0.353. The number of rotatable bonds is 4. The summed E-state index contributed by atoms with van der Waals surface area (Å²) < 4.78 is 1.01. The van der Waals surface area contributed by atoms with Crippen molar-refractivity contribution in [2.24, 2.45) is 0 Å². The van der Waals surface area contributed by atoms with Crippen molar-refractivity contribution >= 4 is 27.7 Å². The number of pyridine rings is 1. The molecule has 1 aromatic heterocycles. The van der Waals surface area contributed by atoms with Gasteiger partial charge in [0.25, 0.3) is 0 Å². The van der Waals surface area contributed by atoms with Crippen molar-refractivity contribution in [3.05, 3.63) is 52.1 Å². The van der Waals surface area contributed by atoms with E-state index < -0.39 is 0 Å². The lowest BCUT2D eigenvalue weighted by Gasteiger charge is -2.21. The molecule has 0 aliphatic heterocycles. The number of nitrogens with one attached hydrogen (secondary N) is 1. The maximum absolute atomic E-state index is 4.40. The van der Waals surface area contributed by atoms with Gasteiger partial charge in [-0.05, 0) is 79.0 Å². The first-order chi connectivity index (χ1) is 9.83. The molecule has 21 heavy (non-hydrogen) atoms. The lowest BCUT2D eigenvalue weighted by atomic mass is 10.1. The molecular formula is C17H21BrN2S.